The number of guanidine groups is 1. The SMILES string of the molecule is CCCNC(=O)CCN=C(NCC)N1CCC(OCC)CC1.I. The van der Waals surface area contributed by atoms with Gasteiger partial charge in [-0.2, -0.15) is 0 Å². The molecule has 0 aromatic rings. The van der Waals surface area contributed by atoms with Crippen molar-refractivity contribution in [2.75, 3.05) is 39.3 Å². The van der Waals surface area contributed by atoms with Gasteiger partial charge in [0.05, 0.1) is 12.6 Å². The van der Waals surface area contributed by atoms with Crippen molar-refractivity contribution in [1.29, 1.82) is 0 Å². The van der Waals surface area contributed by atoms with E-state index in [-0.39, 0.29) is 29.9 Å². The van der Waals surface area contributed by atoms with E-state index < -0.39 is 0 Å². The number of hydrogen-bond donors (Lipinski definition) is 2. The van der Waals surface area contributed by atoms with Crippen molar-refractivity contribution in [1.82, 2.24) is 15.5 Å². The number of halogens is 1. The molecule has 1 fully saturated rings. The highest BCUT2D eigenvalue weighted by atomic mass is 127. The summed E-state index contributed by atoms with van der Waals surface area (Å²) in [6, 6.07) is 0. The molecule has 136 valence electrons. The van der Waals surface area contributed by atoms with Gasteiger partial charge < -0.3 is 20.3 Å². The highest BCUT2D eigenvalue weighted by molar-refractivity contribution is 14.0. The van der Waals surface area contributed by atoms with Crippen LogP contribution in [0.25, 0.3) is 0 Å². The van der Waals surface area contributed by atoms with Crippen LogP contribution in [-0.2, 0) is 9.53 Å². The number of piperidine rings is 1. The molecule has 1 amide bonds. The first-order chi connectivity index (χ1) is 10.7. The van der Waals surface area contributed by atoms with Crippen LogP contribution in [0.1, 0.15) is 46.5 Å². The van der Waals surface area contributed by atoms with E-state index in [0.29, 0.717) is 19.1 Å². The first kappa shape index (κ1) is 22.4. The maximum Gasteiger partial charge on any atom is 0.221 e. The first-order valence-electron chi connectivity index (χ1n) is 8.62. The third kappa shape index (κ3) is 9.34. The predicted octanol–water partition coefficient (Wildman–Crippen LogP) is 1.99. The standard InChI is InChI=1S/C16H32N4O2.HI/c1-4-10-18-15(21)7-11-19-16(17-5-2)20-12-8-14(9-13-20)22-6-3;/h14H,4-13H2,1-3H3,(H,17,19)(H,18,21);1H. The second-order valence-electron chi connectivity index (χ2n) is 5.48. The Morgan fingerprint density at radius 1 is 1.22 bits per heavy atom. The molecular formula is C16H33IN4O2. The van der Waals surface area contributed by atoms with Crippen LogP contribution in [0.3, 0.4) is 0 Å². The number of nitrogens with zero attached hydrogens (tertiary/aromatic N) is 2. The Labute approximate surface area is 157 Å². The second kappa shape index (κ2) is 13.8. The Morgan fingerprint density at radius 2 is 1.91 bits per heavy atom. The summed E-state index contributed by atoms with van der Waals surface area (Å²) in [5.41, 5.74) is 0. The number of carbonyl (C=O) groups is 1. The minimum Gasteiger partial charge on any atom is -0.378 e. The fourth-order valence-corrected chi connectivity index (χ4v) is 2.51. The fraction of sp³-hybridized carbons (Fsp3) is 0.875. The Kier molecular flexibility index (Phi) is 13.5. The molecule has 6 nitrogen and oxygen atoms in total. The minimum atomic E-state index is 0. The molecule has 0 atom stereocenters. The summed E-state index contributed by atoms with van der Waals surface area (Å²) in [6.07, 6.45) is 3.87. The van der Waals surface area contributed by atoms with Crippen LogP contribution in [-0.4, -0.2) is 62.2 Å². The van der Waals surface area contributed by atoms with E-state index in [1.54, 1.807) is 0 Å². The van der Waals surface area contributed by atoms with Gasteiger partial charge in [0.15, 0.2) is 5.96 Å². The van der Waals surface area contributed by atoms with E-state index in [0.717, 1.165) is 58.0 Å². The summed E-state index contributed by atoms with van der Waals surface area (Å²) in [5, 5.41) is 6.20. The molecule has 1 rings (SSSR count). The number of amides is 1. The third-order valence-electron chi connectivity index (χ3n) is 3.65. The fourth-order valence-electron chi connectivity index (χ4n) is 2.51. The molecule has 1 aliphatic heterocycles. The van der Waals surface area contributed by atoms with Gasteiger partial charge in [0, 0.05) is 39.2 Å². The van der Waals surface area contributed by atoms with Gasteiger partial charge in [0.2, 0.25) is 5.91 Å². The van der Waals surface area contributed by atoms with Crippen LogP contribution in [0.4, 0.5) is 0 Å². The number of hydrogen-bond acceptors (Lipinski definition) is 3. The first-order valence-corrected chi connectivity index (χ1v) is 8.62. The lowest BCUT2D eigenvalue weighted by molar-refractivity contribution is -0.120. The van der Waals surface area contributed by atoms with Crippen molar-refractivity contribution >= 4 is 35.8 Å². The molecular weight excluding hydrogens is 407 g/mol. The normalized spacial score (nSPS) is 16.0. The number of carbonyl (C=O) groups excluding carboxylic acids is 1. The lowest BCUT2D eigenvalue weighted by Crippen LogP contribution is -2.47. The largest absolute Gasteiger partial charge is 0.378 e. The molecule has 0 bridgehead atoms. The van der Waals surface area contributed by atoms with E-state index in [1.807, 2.05) is 13.8 Å². The third-order valence-corrected chi connectivity index (χ3v) is 3.65. The highest BCUT2D eigenvalue weighted by Crippen LogP contribution is 2.13. The molecule has 23 heavy (non-hydrogen) atoms. The average molecular weight is 440 g/mol. The van der Waals surface area contributed by atoms with Crippen molar-refractivity contribution in [2.24, 2.45) is 4.99 Å². The van der Waals surface area contributed by atoms with Gasteiger partial charge >= 0.3 is 0 Å². The summed E-state index contributed by atoms with van der Waals surface area (Å²) < 4.78 is 5.68. The van der Waals surface area contributed by atoms with Crippen molar-refractivity contribution < 1.29 is 9.53 Å². The average Bonchev–Trinajstić information content (AvgIpc) is 2.53. The van der Waals surface area contributed by atoms with Gasteiger partial charge in [-0.1, -0.05) is 6.92 Å². The van der Waals surface area contributed by atoms with Gasteiger partial charge in [-0.25, -0.2) is 0 Å². The van der Waals surface area contributed by atoms with Crippen molar-refractivity contribution in [3.8, 4) is 0 Å². The second-order valence-corrected chi connectivity index (χ2v) is 5.48. The maximum atomic E-state index is 11.6. The Balaban J connectivity index is 0.00000484. The monoisotopic (exact) mass is 440 g/mol. The van der Waals surface area contributed by atoms with Crippen molar-refractivity contribution in [3.63, 3.8) is 0 Å². The van der Waals surface area contributed by atoms with Crippen LogP contribution in [0.5, 0.6) is 0 Å². The molecule has 7 heteroatoms. The quantitative estimate of drug-likeness (QED) is 0.344. The number of nitrogens with one attached hydrogen (secondary N) is 2. The predicted molar refractivity (Wildman–Crippen MR) is 106 cm³/mol. The van der Waals surface area contributed by atoms with Crippen molar-refractivity contribution in [3.05, 3.63) is 0 Å². The molecule has 1 heterocycles. The lowest BCUT2D eigenvalue weighted by atomic mass is 10.1. The van der Waals surface area contributed by atoms with E-state index >= 15 is 0 Å². The van der Waals surface area contributed by atoms with E-state index in [2.05, 4.69) is 27.4 Å². The minimum absolute atomic E-state index is 0. The number of aliphatic imine (C=N–C) groups is 1. The van der Waals surface area contributed by atoms with E-state index in [4.69, 9.17) is 4.74 Å². The zero-order valence-electron chi connectivity index (χ0n) is 14.8. The molecule has 1 saturated heterocycles. The summed E-state index contributed by atoms with van der Waals surface area (Å²) >= 11 is 0. The van der Waals surface area contributed by atoms with Crippen LogP contribution in [0, 0.1) is 0 Å². The van der Waals surface area contributed by atoms with Crippen LogP contribution < -0.4 is 10.6 Å². The molecule has 0 saturated carbocycles. The molecule has 0 aliphatic carbocycles. The lowest BCUT2D eigenvalue weighted by Gasteiger charge is -2.34. The molecule has 1 aliphatic rings. The molecule has 0 aromatic heterocycles. The Hall–Kier alpha value is -0.570. The van der Waals surface area contributed by atoms with Crippen molar-refractivity contribution in [2.45, 2.75) is 52.6 Å². The van der Waals surface area contributed by atoms with E-state index in [9.17, 15) is 4.79 Å². The highest BCUT2D eigenvalue weighted by Gasteiger charge is 2.21. The van der Waals surface area contributed by atoms with Gasteiger partial charge in [0.1, 0.15) is 0 Å². The molecule has 0 radical (unpaired) electrons. The zero-order chi connectivity index (χ0) is 16.2. The summed E-state index contributed by atoms with van der Waals surface area (Å²) in [7, 11) is 0. The summed E-state index contributed by atoms with van der Waals surface area (Å²) in [5.74, 6) is 0.997. The van der Waals surface area contributed by atoms with Crippen LogP contribution >= 0.6 is 24.0 Å². The Bertz CT molecular complexity index is 345. The molecule has 0 unspecified atom stereocenters. The maximum absolute atomic E-state index is 11.6. The summed E-state index contributed by atoms with van der Waals surface area (Å²) in [6.45, 7) is 11.0. The molecule has 0 aromatic carbocycles. The van der Waals surface area contributed by atoms with Crippen LogP contribution in [0.2, 0.25) is 0 Å². The zero-order valence-corrected chi connectivity index (χ0v) is 17.1. The number of likely N-dealkylation sites (tertiary alicyclic amines) is 1. The number of rotatable bonds is 8. The van der Waals surface area contributed by atoms with Gasteiger partial charge in [0.25, 0.3) is 0 Å². The van der Waals surface area contributed by atoms with Crippen LogP contribution in [0.15, 0.2) is 4.99 Å². The van der Waals surface area contributed by atoms with Gasteiger partial charge in [-0.15, -0.1) is 24.0 Å². The molecule has 2 N–H and O–H groups in total. The van der Waals surface area contributed by atoms with Gasteiger partial charge in [-0.3, -0.25) is 9.79 Å². The molecule has 0 spiro atoms. The topological polar surface area (TPSA) is 66.0 Å². The Morgan fingerprint density at radius 3 is 2.48 bits per heavy atom. The van der Waals surface area contributed by atoms with Gasteiger partial charge in [-0.05, 0) is 33.1 Å². The van der Waals surface area contributed by atoms with E-state index in [1.165, 1.54) is 0 Å². The summed E-state index contributed by atoms with van der Waals surface area (Å²) in [4.78, 5) is 18.5. The number of ether oxygens (including phenoxy) is 1. The smallest absolute Gasteiger partial charge is 0.221 e.